The van der Waals surface area contributed by atoms with Crippen molar-refractivity contribution in [2.75, 3.05) is 25.5 Å². The molecule has 0 aromatic heterocycles. The smallest absolute Gasteiger partial charge is 0.221 e. The minimum absolute atomic E-state index is 0.0797. The number of amides is 1. The Morgan fingerprint density at radius 3 is 2.52 bits per heavy atom. The summed E-state index contributed by atoms with van der Waals surface area (Å²) >= 11 is 0. The summed E-state index contributed by atoms with van der Waals surface area (Å²) in [4.78, 5) is 17.7. The number of carbonyl (C=O) groups excluding carboxylic acids is 1. The summed E-state index contributed by atoms with van der Waals surface area (Å²) in [7, 11) is 1.94. The molecule has 0 fully saturated rings. The van der Waals surface area contributed by atoms with Gasteiger partial charge >= 0.3 is 0 Å². The molecular formula is C21H27FN4O. The van der Waals surface area contributed by atoms with E-state index in [9.17, 15) is 9.18 Å². The number of guanidine groups is 1. The molecule has 0 saturated carbocycles. The molecule has 144 valence electrons. The molecule has 5 nitrogen and oxygen atoms in total. The van der Waals surface area contributed by atoms with Gasteiger partial charge in [0.2, 0.25) is 5.91 Å². The summed E-state index contributed by atoms with van der Waals surface area (Å²) in [5.74, 6) is 0.478. The Bertz CT molecular complexity index is 774. The summed E-state index contributed by atoms with van der Waals surface area (Å²) in [5.41, 5.74) is 2.84. The summed E-state index contributed by atoms with van der Waals surface area (Å²) in [5, 5.41) is 6.02. The van der Waals surface area contributed by atoms with E-state index in [2.05, 4.69) is 15.6 Å². The number of rotatable bonds is 7. The van der Waals surface area contributed by atoms with Crippen LogP contribution in [-0.4, -0.2) is 36.9 Å². The van der Waals surface area contributed by atoms with E-state index in [1.807, 2.05) is 49.2 Å². The highest BCUT2D eigenvalue weighted by molar-refractivity contribution is 5.88. The zero-order valence-electron chi connectivity index (χ0n) is 16.1. The Labute approximate surface area is 160 Å². The van der Waals surface area contributed by atoms with E-state index in [0.29, 0.717) is 13.1 Å². The van der Waals surface area contributed by atoms with Gasteiger partial charge in [0.05, 0.1) is 0 Å². The van der Waals surface area contributed by atoms with Gasteiger partial charge in [-0.15, -0.1) is 0 Å². The Kier molecular flexibility index (Phi) is 7.79. The maximum absolute atomic E-state index is 13.4. The van der Waals surface area contributed by atoms with Crippen LogP contribution in [0.2, 0.25) is 0 Å². The van der Waals surface area contributed by atoms with E-state index in [0.717, 1.165) is 35.7 Å². The number of nitrogens with one attached hydrogen (secondary N) is 2. The average molecular weight is 370 g/mol. The number of hydrogen-bond acceptors (Lipinski definition) is 2. The van der Waals surface area contributed by atoms with Gasteiger partial charge in [0.15, 0.2) is 5.96 Å². The third-order valence-corrected chi connectivity index (χ3v) is 3.94. The minimum Gasteiger partial charge on any atom is -0.357 e. The quantitative estimate of drug-likeness (QED) is 0.580. The van der Waals surface area contributed by atoms with Crippen molar-refractivity contribution in [2.24, 2.45) is 4.99 Å². The molecule has 0 spiro atoms. The van der Waals surface area contributed by atoms with Crippen LogP contribution in [0.1, 0.15) is 25.0 Å². The van der Waals surface area contributed by atoms with Crippen molar-refractivity contribution in [3.63, 3.8) is 0 Å². The maximum Gasteiger partial charge on any atom is 0.221 e. The fraction of sp³-hybridized carbons (Fsp3) is 0.333. The molecule has 0 aliphatic heterocycles. The highest BCUT2D eigenvalue weighted by Gasteiger charge is 2.07. The van der Waals surface area contributed by atoms with Crippen LogP contribution < -0.4 is 10.6 Å². The van der Waals surface area contributed by atoms with Crippen molar-refractivity contribution in [3.8, 4) is 0 Å². The summed E-state index contributed by atoms with van der Waals surface area (Å²) < 4.78 is 13.4. The van der Waals surface area contributed by atoms with Crippen molar-refractivity contribution < 1.29 is 9.18 Å². The predicted octanol–water partition coefficient (Wildman–Crippen LogP) is 3.42. The molecule has 0 unspecified atom stereocenters. The molecule has 2 rings (SSSR count). The zero-order valence-corrected chi connectivity index (χ0v) is 16.1. The van der Waals surface area contributed by atoms with Crippen LogP contribution in [0, 0.1) is 5.82 Å². The number of anilines is 1. The van der Waals surface area contributed by atoms with Gasteiger partial charge in [-0.25, -0.2) is 4.39 Å². The molecular weight excluding hydrogens is 343 g/mol. The van der Waals surface area contributed by atoms with Crippen LogP contribution in [0.3, 0.4) is 0 Å². The van der Waals surface area contributed by atoms with Crippen LogP contribution in [0.5, 0.6) is 0 Å². The molecule has 0 bridgehead atoms. The molecule has 2 N–H and O–H groups in total. The molecule has 2 aromatic rings. The normalized spacial score (nSPS) is 11.2. The summed E-state index contributed by atoms with van der Waals surface area (Å²) in [6, 6.07) is 14.4. The predicted molar refractivity (Wildman–Crippen MR) is 108 cm³/mol. The molecule has 0 aliphatic rings. The first kappa shape index (κ1) is 20.4. The lowest BCUT2D eigenvalue weighted by Crippen LogP contribution is -2.38. The lowest BCUT2D eigenvalue weighted by Gasteiger charge is -2.22. The lowest BCUT2D eigenvalue weighted by atomic mass is 10.1. The van der Waals surface area contributed by atoms with E-state index in [1.54, 1.807) is 6.07 Å². The van der Waals surface area contributed by atoms with Crippen LogP contribution in [0.15, 0.2) is 53.5 Å². The topological polar surface area (TPSA) is 56.7 Å². The molecule has 0 atom stereocenters. The van der Waals surface area contributed by atoms with E-state index < -0.39 is 0 Å². The van der Waals surface area contributed by atoms with Gasteiger partial charge in [-0.3, -0.25) is 9.79 Å². The van der Waals surface area contributed by atoms with Gasteiger partial charge in [-0.2, -0.15) is 0 Å². The third-order valence-electron chi connectivity index (χ3n) is 3.94. The van der Waals surface area contributed by atoms with Crippen LogP contribution in [0.25, 0.3) is 0 Å². The Morgan fingerprint density at radius 1 is 1.15 bits per heavy atom. The van der Waals surface area contributed by atoms with Gasteiger partial charge in [-0.05, 0) is 48.7 Å². The molecule has 0 aliphatic carbocycles. The number of carbonyl (C=O) groups is 1. The van der Waals surface area contributed by atoms with E-state index in [4.69, 9.17) is 0 Å². The minimum atomic E-state index is -0.231. The number of halogens is 1. The van der Waals surface area contributed by atoms with Crippen molar-refractivity contribution in [3.05, 3.63) is 65.5 Å². The largest absolute Gasteiger partial charge is 0.357 e. The molecule has 27 heavy (non-hydrogen) atoms. The first-order valence-corrected chi connectivity index (χ1v) is 9.08. The highest BCUT2D eigenvalue weighted by atomic mass is 19.1. The summed E-state index contributed by atoms with van der Waals surface area (Å²) in [6.45, 7) is 5.49. The van der Waals surface area contributed by atoms with E-state index in [-0.39, 0.29) is 11.7 Å². The van der Waals surface area contributed by atoms with Gasteiger partial charge in [0.1, 0.15) is 5.82 Å². The fourth-order valence-corrected chi connectivity index (χ4v) is 2.70. The van der Waals surface area contributed by atoms with Crippen molar-refractivity contribution >= 4 is 17.6 Å². The average Bonchev–Trinajstić information content (AvgIpc) is 2.62. The van der Waals surface area contributed by atoms with Gasteiger partial charge < -0.3 is 15.5 Å². The van der Waals surface area contributed by atoms with Gasteiger partial charge in [-0.1, -0.05) is 24.3 Å². The SMILES string of the molecule is CCNC(=NCCc1ccc(NC(C)=O)cc1)N(C)Cc1cccc(F)c1. The van der Waals surface area contributed by atoms with Gasteiger partial charge in [0, 0.05) is 39.3 Å². The van der Waals surface area contributed by atoms with Crippen LogP contribution >= 0.6 is 0 Å². The van der Waals surface area contributed by atoms with Crippen molar-refractivity contribution in [2.45, 2.75) is 26.8 Å². The zero-order chi connectivity index (χ0) is 19.6. The van der Waals surface area contributed by atoms with Gasteiger partial charge in [0.25, 0.3) is 0 Å². The number of benzene rings is 2. The molecule has 0 saturated heterocycles. The standard InChI is InChI=1S/C21H27FN4O/c1-4-23-21(26(3)15-18-6-5-7-19(22)14-18)24-13-12-17-8-10-20(11-9-17)25-16(2)27/h5-11,14H,4,12-13,15H2,1-3H3,(H,23,24)(H,25,27). The second-order valence-electron chi connectivity index (χ2n) is 6.35. The summed E-state index contributed by atoms with van der Waals surface area (Å²) in [6.07, 6.45) is 0.795. The lowest BCUT2D eigenvalue weighted by molar-refractivity contribution is -0.114. The Morgan fingerprint density at radius 2 is 1.89 bits per heavy atom. The Hall–Kier alpha value is -2.89. The number of hydrogen-bond donors (Lipinski definition) is 2. The number of aliphatic imine (C=N–C) groups is 1. The fourth-order valence-electron chi connectivity index (χ4n) is 2.70. The van der Waals surface area contributed by atoms with Crippen molar-refractivity contribution in [1.29, 1.82) is 0 Å². The molecule has 1 amide bonds. The van der Waals surface area contributed by atoms with Crippen LogP contribution in [-0.2, 0) is 17.8 Å². The molecule has 0 heterocycles. The first-order valence-electron chi connectivity index (χ1n) is 9.08. The number of nitrogens with zero attached hydrogens (tertiary/aromatic N) is 2. The van der Waals surface area contributed by atoms with E-state index in [1.165, 1.54) is 19.1 Å². The molecule has 6 heteroatoms. The molecule has 0 radical (unpaired) electrons. The molecule has 2 aromatic carbocycles. The highest BCUT2D eigenvalue weighted by Crippen LogP contribution is 2.10. The Balaban J connectivity index is 1.94. The van der Waals surface area contributed by atoms with E-state index >= 15 is 0 Å². The van der Waals surface area contributed by atoms with Crippen molar-refractivity contribution in [1.82, 2.24) is 10.2 Å². The van der Waals surface area contributed by atoms with Crippen LogP contribution in [0.4, 0.5) is 10.1 Å². The second-order valence-corrected chi connectivity index (χ2v) is 6.35. The maximum atomic E-state index is 13.4. The first-order chi connectivity index (χ1) is 13.0. The second kappa shape index (κ2) is 10.3. The monoisotopic (exact) mass is 370 g/mol. The third kappa shape index (κ3) is 7.09.